The van der Waals surface area contributed by atoms with Crippen molar-refractivity contribution in [2.24, 2.45) is 0 Å². The molecule has 0 amide bonds. The van der Waals surface area contributed by atoms with Crippen LogP contribution in [0, 0.1) is 6.92 Å². The van der Waals surface area contributed by atoms with Crippen LogP contribution in [0.25, 0.3) is 0 Å². The maximum absolute atomic E-state index is 10.8. The van der Waals surface area contributed by atoms with E-state index in [1.165, 1.54) is 5.57 Å². The minimum Gasteiger partial charge on any atom is -0.508 e. The normalized spacial score (nSPS) is 20.5. The lowest BCUT2D eigenvalue weighted by molar-refractivity contribution is -0.132. The van der Waals surface area contributed by atoms with E-state index in [0.717, 1.165) is 55.4 Å². The molecule has 0 bridgehead atoms. The maximum atomic E-state index is 10.8. The first-order valence-corrected chi connectivity index (χ1v) is 9.27. The summed E-state index contributed by atoms with van der Waals surface area (Å²) >= 11 is 0. The van der Waals surface area contributed by atoms with E-state index >= 15 is 0 Å². The van der Waals surface area contributed by atoms with Crippen LogP contribution in [0.2, 0.25) is 0 Å². The molecule has 2 N–H and O–H groups in total. The van der Waals surface area contributed by atoms with Crippen molar-refractivity contribution >= 4 is 5.97 Å². The van der Waals surface area contributed by atoms with E-state index in [-0.39, 0.29) is 5.60 Å². The number of aliphatic carboxylic acids is 1. The molecule has 1 aliphatic heterocycles. The first-order valence-electron chi connectivity index (χ1n) is 9.27. The Morgan fingerprint density at radius 1 is 1.27 bits per heavy atom. The molecule has 1 aromatic carbocycles. The number of hydrogen-bond donors (Lipinski definition) is 2. The average molecular weight is 358 g/mol. The maximum Gasteiger partial charge on any atom is 0.330 e. The van der Waals surface area contributed by atoms with E-state index < -0.39 is 5.97 Å². The van der Waals surface area contributed by atoms with E-state index in [1.807, 2.05) is 6.92 Å². The minimum absolute atomic E-state index is 0.189. The lowest BCUT2D eigenvalue weighted by Gasteiger charge is -2.36. The summed E-state index contributed by atoms with van der Waals surface area (Å²) in [4.78, 5) is 10.8. The van der Waals surface area contributed by atoms with E-state index in [1.54, 1.807) is 25.1 Å². The number of phenols is 1. The molecule has 0 aliphatic carbocycles. The van der Waals surface area contributed by atoms with Gasteiger partial charge in [-0.05, 0) is 89.5 Å². The third-order valence-electron chi connectivity index (χ3n) is 5.10. The van der Waals surface area contributed by atoms with Crippen molar-refractivity contribution in [2.45, 2.75) is 71.8 Å². The van der Waals surface area contributed by atoms with E-state index in [0.29, 0.717) is 11.3 Å². The fourth-order valence-electron chi connectivity index (χ4n) is 3.36. The summed E-state index contributed by atoms with van der Waals surface area (Å²) in [6, 6.07) is 3.56. The van der Waals surface area contributed by atoms with Crippen LogP contribution in [-0.2, 0) is 11.2 Å². The van der Waals surface area contributed by atoms with Crippen molar-refractivity contribution in [3.63, 3.8) is 0 Å². The predicted octanol–water partition coefficient (Wildman–Crippen LogP) is 5.32. The van der Waals surface area contributed by atoms with Gasteiger partial charge in [0.05, 0.1) is 0 Å². The molecule has 1 aromatic rings. The van der Waals surface area contributed by atoms with Crippen molar-refractivity contribution < 1.29 is 19.7 Å². The highest BCUT2D eigenvalue weighted by Gasteiger charge is 2.31. The lowest BCUT2D eigenvalue weighted by atomic mass is 9.87. The molecule has 2 rings (SSSR count). The summed E-state index contributed by atoms with van der Waals surface area (Å²) in [6.45, 7) is 7.85. The zero-order valence-corrected chi connectivity index (χ0v) is 16.3. The SMILES string of the molecule is C/C(=C\CC[C@]1(C)CCc2cc(O)cc(C)c2O1)CC/C=C(\C)C(=O)O. The van der Waals surface area contributed by atoms with Crippen molar-refractivity contribution in [2.75, 3.05) is 0 Å². The number of ether oxygens (including phenoxy) is 1. The molecule has 4 nitrogen and oxygen atoms in total. The largest absolute Gasteiger partial charge is 0.508 e. The van der Waals surface area contributed by atoms with Crippen LogP contribution in [0.1, 0.15) is 64.0 Å². The summed E-state index contributed by atoms with van der Waals surface area (Å²) < 4.78 is 6.31. The smallest absolute Gasteiger partial charge is 0.330 e. The van der Waals surface area contributed by atoms with E-state index in [4.69, 9.17) is 9.84 Å². The van der Waals surface area contributed by atoms with Gasteiger partial charge in [-0.1, -0.05) is 17.7 Å². The Morgan fingerprint density at radius 2 is 2.00 bits per heavy atom. The van der Waals surface area contributed by atoms with Crippen molar-refractivity contribution in [1.82, 2.24) is 0 Å². The van der Waals surface area contributed by atoms with Crippen LogP contribution in [0.3, 0.4) is 0 Å². The van der Waals surface area contributed by atoms with E-state index in [2.05, 4.69) is 19.9 Å². The van der Waals surface area contributed by atoms with Gasteiger partial charge in [-0.25, -0.2) is 4.79 Å². The van der Waals surface area contributed by atoms with Gasteiger partial charge in [0.1, 0.15) is 17.1 Å². The Bertz CT molecular complexity index is 730. The van der Waals surface area contributed by atoms with Crippen LogP contribution in [0.15, 0.2) is 35.4 Å². The lowest BCUT2D eigenvalue weighted by Crippen LogP contribution is -2.36. The van der Waals surface area contributed by atoms with Gasteiger partial charge in [0.15, 0.2) is 0 Å². The molecule has 1 aliphatic rings. The van der Waals surface area contributed by atoms with Crippen LogP contribution >= 0.6 is 0 Å². The highest BCUT2D eigenvalue weighted by atomic mass is 16.5. The highest BCUT2D eigenvalue weighted by molar-refractivity contribution is 5.85. The monoisotopic (exact) mass is 358 g/mol. The van der Waals surface area contributed by atoms with Crippen LogP contribution < -0.4 is 4.74 Å². The fraction of sp³-hybridized carbons (Fsp3) is 0.500. The number of aryl methyl sites for hydroxylation is 2. The Hall–Kier alpha value is -2.23. The molecule has 0 fully saturated rings. The number of fused-ring (bicyclic) bond motifs is 1. The van der Waals surface area contributed by atoms with Gasteiger partial charge in [-0.3, -0.25) is 0 Å². The quantitative estimate of drug-likeness (QED) is 0.511. The van der Waals surface area contributed by atoms with Gasteiger partial charge in [0.25, 0.3) is 0 Å². The molecule has 0 saturated heterocycles. The topological polar surface area (TPSA) is 66.8 Å². The number of allylic oxidation sites excluding steroid dienone is 3. The molecule has 1 heterocycles. The summed E-state index contributed by atoms with van der Waals surface area (Å²) in [5.41, 5.74) is 3.57. The fourth-order valence-corrected chi connectivity index (χ4v) is 3.36. The molecule has 26 heavy (non-hydrogen) atoms. The first kappa shape index (κ1) is 20.1. The molecule has 0 radical (unpaired) electrons. The summed E-state index contributed by atoms with van der Waals surface area (Å²) in [6.07, 6.45) is 9.38. The van der Waals surface area contributed by atoms with Crippen LogP contribution in [0.4, 0.5) is 0 Å². The number of aromatic hydroxyl groups is 1. The van der Waals surface area contributed by atoms with Crippen molar-refractivity contribution in [3.8, 4) is 11.5 Å². The van der Waals surface area contributed by atoms with Gasteiger partial charge < -0.3 is 14.9 Å². The van der Waals surface area contributed by atoms with Gasteiger partial charge in [0, 0.05) is 5.57 Å². The highest BCUT2D eigenvalue weighted by Crippen LogP contribution is 2.39. The Morgan fingerprint density at radius 3 is 2.69 bits per heavy atom. The number of phenolic OH excluding ortho intramolecular Hbond substituents is 1. The summed E-state index contributed by atoms with van der Waals surface area (Å²) in [5.74, 6) is 0.378. The number of hydrogen-bond acceptors (Lipinski definition) is 3. The number of carbonyl (C=O) groups is 1. The van der Waals surface area contributed by atoms with Crippen LogP contribution in [0.5, 0.6) is 11.5 Å². The standard InChI is InChI=1S/C22H30O4/c1-15(7-5-9-16(2)21(24)25)8-6-11-22(4)12-10-18-14-19(23)13-17(3)20(18)26-22/h8-9,13-14,23H,5-7,10-12H2,1-4H3,(H,24,25)/b15-8+,16-9+/t22-/m1/s1. The van der Waals surface area contributed by atoms with E-state index in [9.17, 15) is 9.90 Å². The molecular weight excluding hydrogens is 328 g/mol. The number of carboxylic acid groups (broad SMARTS) is 1. The second-order valence-electron chi connectivity index (χ2n) is 7.62. The molecule has 0 aromatic heterocycles. The Balaban J connectivity index is 1.89. The third-order valence-corrected chi connectivity index (χ3v) is 5.10. The van der Waals surface area contributed by atoms with Crippen LogP contribution in [-0.4, -0.2) is 21.8 Å². The molecule has 0 unspecified atom stereocenters. The van der Waals surface area contributed by atoms with Gasteiger partial charge in [-0.15, -0.1) is 0 Å². The first-order chi connectivity index (χ1) is 12.2. The molecule has 142 valence electrons. The molecular formula is C22H30O4. The molecule has 1 atom stereocenters. The van der Waals surface area contributed by atoms with Gasteiger partial charge in [-0.2, -0.15) is 0 Å². The van der Waals surface area contributed by atoms with Crippen molar-refractivity contribution in [1.29, 1.82) is 0 Å². The van der Waals surface area contributed by atoms with Gasteiger partial charge >= 0.3 is 5.97 Å². The third kappa shape index (κ3) is 5.38. The number of rotatable bonds is 7. The van der Waals surface area contributed by atoms with Crippen molar-refractivity contribution in [3.05, 3.63) is 46.6 Å². The Labute approximate surface area is 156 Å². The Kier molecular flexibility index (Phi) is 6.52. The zero-order valence-electron chi connectivity index (χ0n) is 16.3. The molecule has 0 spiro atoms. The molecule has 0 saturated carbocycles. The second-order valence-corrected chi connectivity index (χ2v) is 7.62. The summed E-state index contributed by atoms with van der Waals surface area (Å²) in [7, 11) is 0. The zero-order chi connectivity index (χ0) is 19.3. The second kappa shape index (κ2) is 8.43. The number of carboxylic acids is 1. The van der Waals surface area contributed by atoms with Gasteiger partial charge in [0.2, 0.25) is 0 Å². The predicted molar refractivity (Wildman–Crippen MR) is 104 cm³/mol. The molecule has 4 heteroatoms. The summed E-state index contributed by atoms with van der Waals surface area (Å²) in [5, 5.41) is 18.6. The minimum atomic E-state index is -0.849. The average Bonchev–Trinajstić information content (AvgIpc) is 2.55. The number of benzene rings is 1.